The summed E-state index contributed by atoms with van der Waals surface area (Å²) in [5.74, 6) is -3.11. The second-order valence-electron chi connectivity index (χ2n) is 7.91. The first-order valence-corrected chi connectivity index (χ1v) is 11.4. The number of aromatic nitrogens is 8. The van der Waals surface area contributed by atoms with Gasteiger partial charge in [0.2, 0.25) is 11.6 Å². The molecule has 0 aromatic carbocycles. The summed E-state index contributed by atoms with van der Waals surface area (Å²) in [6.45, 7) is 0. The highest BCUT2D eigenvalue weighted by atomic mass is 35.5. The molecule has 224 valence electrons. The number of halogens is 7. The monoisotopic (exact) mass is 622 g/mol. The summed E-state index contributed by atoms with van der Waals surface area (Å²) in [5.41, 5.74) is -2.40. The number of H-pyrrole nitrogens is 1. The van der Waals surface area contributed by atoms with Gasteiger partial charge in [0.15, 0.2) is 11.5 Å². The van der Waals surface area contributed by atoms with Crippen molar-refractivity contribution < 1.29 is 35.8 Å². The van der Waals surface area contributed by atoms with Crippen LogP contribution >= 0.6 is 11.6 Å². The van der Waals surface area contributed by atoms with Crippen LogP contribution in [0.4, 0.5) is 26.3 Å². The number of alkyl halides is 6. The van der Waals surface area contributed by atoms with E-state index in [1.54, 1.807) is 4.98 Å². The van der Waals surface area contributed by atoms with Crippen molar-refractivity contribution in [3.63, 3.8) is 0 Å². The highest BCUT2D eigenvalue weighted by molar-refractivity contribution is 6.32. The van der Waals surface area contributed by atoms with Gasteiger partial charge >= 0.3 is 23.5 Å². The fourth-order valence-electron chi connectivity index (χ4n) is 3.22. The van der Waals surface area contributed by atoms with E-state index in [-0.39, 0.29) is 33.8 Å². The van der Waals surface area contributed by atoms with Crippen LogP contribution in [0.1, 0.15) is 11.6 Å². The van der Waals surface area contributed by atoms with Gasteiger partial charge in [-0.05, 0) is 0 Å². The summed E-state index contributed by atoms with van der Waals surface area (Å²) in [4.78, 5) is 46.5. The van der Waals surface area contributed by atoms with Crippen molar-refractivity contribution in [2.75, 3.05) is 14.2 Å². The standard InChI is InChI=1S/C11H8ClF3N4O2.C11H9F3N4O3/c1-19-9(20)7(21-2)5(4-17-19)6-3-16-10(11(13,14)15)18-8(6)12;1-18-9(20)7(21-2)5(4-16-18)6-3-15-10(11(12,13)14)17-8(6)19/h3-4H,1-2H3;3-4H,1-2H3,(H,15,17,19). The molecule has 20 heteroatoms. The van der Waals surface area contributed by atoms with Crippen LogP contribution in [0, 0.1) is 0 Å². The Labute approximate surface area is 234 Å². The number of nitrogens with zero attached hydrogens (tertiary/aromatic N) is 7. The van der Waals surface area contributed by atoms with E-state index in [2.05, 4.69) is 25.1 Å². The zero-order chi connectivity index (χ0) is 31.6. The van der Waals surface area contributed by atoms with Crippen molar-refractivity contribution in [2.45, 2.75) is 12.4 Å². The minimum Gasteiger partial charge on any atom is -0.491 e. The lowest BCUT2D eigenvalue weighted by molar-refractivity contribution is -0.145. The van der Waals surface area contributed by atoms with Gasteiger partial charge in [0.25, 0.3) is 5.56 Å². The van der Waals surface area contributed by atoms with Gasteiger partial charge in [-0.15, -0.1) is 0 Å². The highest BCUT2D eigenvalue weighted by Crippen LogP contribution is 2.33. The first-order chi connectivity index (χ1) is 19.5. The minimum atomic E-state index is -4.77. The Morgan fingerprint density at radius 2 is 1.21 bits per heavy atom. The fourth-order valence-corrected chi connectivity index (χ4v) is 3.45. The maximum Gasteiger partial charge on any atom is 0.451 e. The molecule has 0 radical (unpaired) electrons. The van der Waals surface area contributed by atoms with E-state index in [4.69, 9.17) is 21.1 Å². The topological polar surface area (TPSA) is 160 Å². The SMILES string of the molecule is COc1c(-c2cnc(C(F)(F)F)[nH]c2=O)cnn(C)c1=O.COc1c(-c2cnc(C(F)(F)F)nc2Cl)cnn(C)c1=O. The Bertz CT molecular complexity index is 1800. The highest BCUT2D eigenvalue weighted by Gasteiger charge is 2.36. The molecule has 42 heavy (non-hydrogen) atoms. The van der Waals surface area contributed by atoms with Crippen molar-refractivity contribution in [1.82, 2.24) is 39.5 Å². The molecule has 1 N–H and O–H groups in total. The lowest BCUT2D eigenvalue weighted by atomic mass is 10.1. The van der Waals surface area contributed by atoms with E-state index in [0.717, 1.165) is 28.0 Å². The maximum absolute atomic E-state index is 12.5. The number of methoxy groups -OCH3 is 2. The summed E-state index contributed by atoms with van der Waals surface area (Å²) in [6, 6.07) is 0. The molecule has 4 rings (SSSR count). The van der Waals surface area contributed by atoms with Gasteiger partial charge in [0.1, 0.15) is 5.15 Å². The van der Waals surface area contributed by atoms with Gasteiger partial charge in [0.05, 0.1) is 43.3 Å². The van der Waals surface area contributed by atoms with Gasteiger partial charge in [0, 0.05) is 32.1 Å². The van der Waals surface area contributed by atoms with Crippen LogP contribution < -0.4 is 26.2 Å². The van der Waals surface area contributed by atoms with Gasteiger partial charge in [-0.25, -0.2) is 24.3 Å². The summed E-state index contributed by atoms with van der Waals surface area (Å²) < 4.78 is 86.6. The van der Waals surface area contributed by atoms with Crippen LogP contribution in [0.2, 0.25) is 5.15 Å². The number of hydrogen-bond acceptors (Lipinski definition) is 10. The second-order valence-corrected chi connectivity index (χ2v) is 8.27. The van der Waals surface area contributed by atoms with Crippen molar-refractivity contribution in [3.05, 3.63) is 72.7 Å². The van der Waals surface area contributed by atoms with Crippen LogP contribution in [-0.2, 0) is 26.4 Å². The van der Waals surface area contributed by atoms with Crippen LogP contribution in [0.5, 0.6) is 11.5 Å². The molecule has 0 fully saturated rings. The molecule has 0 bridgehead atoms. The fraction of sp³-hybridized carbons (Fsp3) is 0.273. The predicted octanol–water partition coefficient (Wildman–Crippen LogP) is 2.48. The molecule has 0 aliphatic rings. The van der Waals surface area contributed by atoms with Gasteiger partial charge in [-0.3, -0.25) is 14.4 Å². The number of hydrogen-bond donors (Lipinski definition) is 1. The molecule has 0 spiro atoms. The molecule has 4 aromatic rings. The van der Waals surface area contributed by atoms with Crippen LogP contribution in [0.25, 0.3) is 22.3 Å². The van der Waals surface area contributed by atoms with Crippen molar-refractivity contribution in [3.8, 4) is 33.8 Å². The van der Waals surface area contributed by atoms with Crippen molar-refractivity contribution in [2.24, 2.45) is 14.1 Å². The van der Waals surface area contributed by atoms with Crippen LogP contribution in [-0.4, -0.2) is 53.7 Å². The molecule has 13 nitrogen and oxygen atoms in total. The lowest BCUT2D eigenvalue weighted by Gasteiger charge is -2.11. The summed E-state index contributed by atoms with van der Waals surface area (Å²) in [7, 11) is 5.22. The molecular weight excluding hydrogens is 606 g/mol. The molecule has 0 saturated heterocycles. The van der Waals surface area contributed by atoms with E-state index in [0.29, 0.717) is 0 Å². The Morgan fingerprint density at radius 1 is 0.738 bits per heavy atom. The lowest BCUT2D eigenvalue weighted by Crippen LogP contribution is -2.24. The van der Waals surface area contributed by atoms with E-state index in [1.165, 1.54) is 34.5 Å². The largest absolute Gasteiger partial charge is 0.491 e. The van der Waals surface area contributed by atoms with Crippen molar-refractivity contribution in [1.29, 1.82) is 0 Å². The quantitative estimate of drug-likeness (QED) is 0.265. The number of rotatable bonds is 4. The molecule has 0 aliphatic carbocycles. The van der Waals surface area contributed by atoms with Crippen LogP contribution in [0.15, 0.2) is 39.2 Å². The van der Waals surface area contributed by atoms with E-state index in [1.807, 2.05) is 0 Å². The third kappa shape index (κ3) is 6.56. The van der Waals surface area contributed by atoms with Gasteiger partial charge in [-0.1, -0.05) is 11.6 Å². The molecule has 0 saturated carbocycles. The first kappa shape index (κ1) is 31.7. The van der Waals surface area contributed by atoms with Crippen LogP contribution in [0.3, 0.4) is 0 Å². The first-order valence-electron chi connectivity index (χ1n) is 11.0. The second kappa shape index (κ2) is 12.0. The average molecular weight is 623 g/mol. The molecule has 4 heterocycles. The van der Waals surface area contributed by atoms with Gasteiger partial charge in [-0.2, -0.15) is 36.5 Å². The normalized spacial score (nSPS) is 11.5. The molecule has 0 aliphatic heterocycles. The molecule has 4 aromatic heterocycles. The smallest absolute Gasteiger partial charge is 0.451 e. The average Bonchev–Trinajstić information content (AvgIpc) is 2.91. The molecule has 0 amide bonds. The Kier molecular flexibility index (Phi) is 9.04. The number of ether oxygens (including phenoxy) is 2. The number of aromatic amines is 1. The van der Waals surface area contributed by atoms with E-state index in [9.17, 15) is 40.7 Å². The third-order valence-corrected chi connectivity index (χ3v) is 5.53. The van der Waals surface area contributed by atoms with Crippen molar-refractivity contribution >= 4 is 11.6 Å². The zero-order valence-corrected chi connectivity index (χ0v) is 22.4. The van der Waals surface area contributed by atoms with E-state index < -0.39 is 45.8 Å². The zero-order valence-electron chi connectivity index (χ0n) is 21.6. The summed E-state index contributed by atoms with van der Waals surface area (Å²) in [6.07, 6.45) is -5.51. The molecule has 0 atom stereocenters. The maximum atomic E-state index is 12.5. The Hall–Kier alpha value is -4.81. The number of nitrogens with one attached hydrogen (secondary N) is 1. The number of aryl methyl sites for hydroxylation is 2. The van der Waals surface area contributed by atoms with Gasteiger partial charge < -0.3 is 14.5 Å². The molecule has 0 unspecified atom stereocenters. The minimum absolute atomic E-state index is 0.0201. The van der Waals surface area contributed by atoms with E-state index >= 15 is 0 Å². The Balaban J connectivity index is 0.000000230. The third-order valence-electron chi connectivity index (χ3n) is 5.24. The summed E-state index contributed by atoms with van der Waals surface area (Å²) in [5, 5.41) is 7.01. The predicted molar refractivity (Wildman–Crippen MR) is 132 cm³/mol. The Morgan fingerprint density at radius 3 is 1.62 bits per heavy atom. The summed E-state index contributed by atoms with van der Waals surface area (Å²) >= 11 is 5.75. The molecular formula is C22H17ClF6N8O5.